The van der Waals surface area contributed by atoms with Gasteiger partial charge in [0.25, 0.3) is 0 Å². The van der Waals surface area contributed by atoms with Gasteiger partial charge in [-0.3, -0.25) is 19.2 Å². The third kappa shape index (κ3) is 23.1. The average molecular weight is 1850 g/mol. The molecule has 10 rings (SSSR count). The van der Waals surface area contributed by atoms with Gasteiger partial charge >= 0.3 is 0 Å². The van der Waals surface area contributed by atoms with E-state index in [1.54, 1.807) is 0 Å². The normalized spacial score (nSPS) is 48.8. The Bertz CT molecular complexity index is 3350. The van der Waals surface area contributed by atoms with Crippen molar-refractivity contribution in [3.05, 3.63) is 0 Å². The van der Waals surface area contributed by atoms with Crippen LogP contribution in [0.5, 0.6) is 0 Å². The van der Waals surface area contributed by atoms with Crippen LogP contribution in [0.25, 0.3) is 0 Å². The van der Waals surface area contributed by atoms with Crippen LogP contribution in [0.15, 0.2) is 0 Å². The highest BCUT2D eigenvalue weighted by atomic mass is 16.8. The van der Waals surface area contributed by atoms with E-state index in [0.717, 1.165) is 20.8 Å². The van der Waals surface area contributed by atoms with Gasteiger partial charge in [-0.15, -0.1) is 0 Å². The topological polar surface area (TPSA) is 867 Å². The lowest BCUT2D eigenvalue weighted by atomic mass is 9.93. The first-order valence-electron chi connectivity index (χ1n) is 40.2. The van der Waals surface area contributed by atoms with Gasteiger partial charge in [0.1, 0.15) is 238 Å². The summed E-state index contributed by atoms with van der Waals surface area (Å²) < 4.78 is 118. The molecule has 0 saturated carbocycles. The van der Waals surface area contributed by atoms with Gasteiger partial charge in [-0.25, -0.2) is 0 Å². The molecule has 0 bridgehead atoms. The van der Waals surface area contributed by atoms with Gasteiger partial charge in [0, 0.05) is 20.8 Å². The van der Waals surface area contributed by atoms with Gasteiger partial charge < -0.3 is 259 Å². The molecule has 56 nitrogen and oxygen atoms in total. The van der Waals surface area contributed by atoms with E-state index in [1.807, 2.05) is 0 Å². The maximum atomic E-state index is 13.3. The first kappa shape index (κ1) is 104. The van der Waals surface area contributed by atoms with Crippen molar-refractivity contribution in [1.29, 1.82) is 0 Å². The Hall–Kier alpha value is -4.04. The minimum Gasteiger partial charge on any atom is -0.394 e. The molecule has 51 atom stereocenters. The second-order valence-electron chi connectivity index (χ2n) is 31.7. The Morgan fingerprint density at radius 1 is 0.278 bits per heavy atom. The lowest BCUT2D eigenvalue weighted by Crippen LogP contribution is -2.71. The standard InChI is InChI=1S/C70H118N4O52/c1-17-34(88)43(97)47(101)65(109-17)126-60-45(99)36(90)23(7-77)113-70(60)122-55-26(10-80)114-61(31(40(55)94)72-18(2)85)108-15-30-39(93)59(124-63-33(74-20(4)87)41(95)53(27(11-81)116-63)119-67-51(105)58(38(92)25(9-79)111-67)125-66-48(102)44(98)35(89)22(6-76)110-66)52(106)69(118-30)120-54-28(12-82)115-62(32(42(54)96)73-19(3)86)123-57-37(91)24(8-78)112-68(50(57)104)121-56-29(13-83)117-64(49(103)46(56)100)107-14-21(5-75)71-16-84/h16-17,21-70,75-83,88-106H,5-15H2,1-4H3,(H,71,84)(H,72,85)(H,73,86)(H,74,87)/t17-,21+,22+,23+,24+,25+,26+,27+,28+,29+,30+,31+,32+,33+,34+,35-,36-,37-,38-,39-,40+,41+,42+,43+,44-,45-,46+,47-,48+,49+,50+,51+,52+,53+,54+,55+,56+,57-,58-,59-,60+,61+,62-,63-,64+,65-,66+,67-,68-,69-,70-/m0/s1. The maximum Gasteiger partial charge on any atom is 0.217 e. The quantitative estimate of drug-likeness (QED) is 0.0259. The van der Waals surface area contributed by atoms with Crippen molar-refractivity contribution < 1.29 is 257 Å². The average Bonchev–Trinajstić information content (AvgIpc) is 0.771. The van der Waals surface area contributed by atoms with Crippen molar-refractivity contribution in [2.75, 3.05) is 72.7 Å². The Kier molecular flexibility index (Phi) is 38.2. The number of ether oxygens (including phenoxy) is 20. The van der Waals surface area contributed by atoms with Crippen LogP contribution in [0.1, 0.15) is 27.7 Å². The first-order chi connectivity index (χ1) is 59.8. The van der Waals surface area contributed by atoms with Gasteiger partial charge in [0.15, 0.2) is 62.9 Å². The maximum absolute atomic E-state index is 13.3. The monoisotopic (exact) mass is 1850 g/mol. The molecular weight excluding hydrogens is 1730 g/mol. The van der Waals surface area contributed by atoms with Crippen molar-refractivity contribution in [1.82, 2.24) is 21.3 Å². The van der Waals surface area contributed by atoms with E-state index in [4.69, 9.17) is 94.7 Å². The molecule has 10 saturated heterocycles. The van der Waals surface area contributed by atoms with Crippen LogP contribution in [-0.4, -0.2) is 553 Å². The molecule has 10 fully saturated rings. The van der Waals surface area contributed by atoms with Gasteiger partial charge in [0.05, 0.1) is 84.8 Å². The number of rotatable bonds is 36. The van der Waals surface area contributed by atoms with Crippen LogP contribution in [0, 0.1) is 0 Å². The van der Waals surface area contributed by atoms with Gasteiger partial charge in [-0.05, 0) is 6.92 Å². The third-order valence-corrected chi connectivity index (χ3v) is 23.0. The summed E-state index contributed by atoms with van der Waals surface area (Å²) in [6, 6.07) is -7.09. The van der Waals surface area contributed by atoms with Crippen molar-refractivity contribution in [2.45, 2.75) is 341 Å². The molecule has 126 heavy (non-hydrogen) atoms. The summed E-state index contributed by atoms with van der Waals surface area (Å²) >= 11 is 0. The molecule has 56 heteroatoms. The number of carbonyl (C=O) groups excluding carboxylic acids is 4. The second-order valence-corrected chi connectivity index (χ2v) is 31.7. The zero-order valence-corrected chi connectivity index (χ0v) is 67.6. The van der Waals surface area contributed by atoms with E-state index in [1.165, 1.54) is 6.92 Å². The van der Waals surface area contributed by atoms with E-state index in [2.05, 4.69) is 21.3 Å². The minimum atomic E-state index is -2.57. The molecule has 10 aliphatic heterocycles. The summed E-state index contributed by atoms with van der Waals surface area (Å²) in [4.78, 5) is 50.7. The molecule has 4 amide bonds. The number of hydrogen-bond donors (Lipinski definition) is 32. The molecule has 0 aromatic carbocycles. The van der Waals surface area contributed by atoms with Crippen LogP contribution in [-0.2, 0) is 114 Å². The predicted octanol–water partition coefficient (Wildman–Crippen LogP) is -22.2. The highest BCUT2D eigenvalue weighted by Crippen LogP contribution is 2.41. The van der Waals surface area contributed by atoms with E-state index < -0.39 is 403 Å². The van der Waals surface area contributed by atoms with Crippen LogP contribution >= 0.6 is 0 Å². The molecule has 0 unspecified atom stereocenters. The molecule has 0 spiro atoms. The minimum absolute atomic E-state index is 0.239. The highest BCUT2D eigenvalue weighted by Gasteiger charge is 2.62. The predicted molar refractivity (Wildman–Crippen MR) is 387 cm³/mol. The Balaban J connectivity index is 0.940. The summed E-state index contributed by atoms with van der Waals surface area (Å²) in [7, 11) is 0. The highest BCUT2D eigenvalue weighted by molar-refractivity contribution is 5.74. The number of aliphatic hydroxyl groups is 28. The smallest absolute Gasteiger partial charge is 0.217 e. The fraction of sp³-hybridized carbons (Fsp3) is 0.943. The van der Waals surface area contributed by atoms with Crippen LogP contribution in [0.3, 0.4) is 0 Å². The lowest BCUT2D eigenvalue weighted by molar-refractivity contribution is -0.392. The summed E-state index contributed by atoms with van der Waals surface area (Å²) in [6.07, 6.45) is -96.6. The second kappa shape index (κ2) is 46.3. The molecule has 10 heterocycles. The van der Waals surface area contributed by atoms with Crippen molar-refractivity contribution in [3.8, 4) is 0 Å². The Morgan fingerprint density at radius 3 is 0.952 bits per heavy atom. The first-order valence-corrected chi connectivity index (χ1v) is 40.2. The fourth-order valence-electron chi connectivity index (χ4n) is 16.1. The molecule has 0 aliphatic carbocycles. The zero-order chi connectivity index (χ0) is 92.6. The summed E-state index contributed by atoms with van der Waals surface area (Å²) in [5.41, 5.74) is 0. The molecule has 10 aliphatic rings. The molecule has 0 aromatic rings. The number of hydrogen-bond acceptors (Lipinski definition) is 52. The summed E-state index contributed by atoms with van der Waals surface area (Å²) in [5.74, 6) is -2.99. The fourth-order valence-corrected chi connectivity index (χ4v) is 16.1. The third-order valence-electron chi connectivity index (χ3n) is 23.0. The Labute approximate surface area is 713 Å². The molecule has 0 aromatic heterocycles. The van der Waals surface area contributed by atoms with Gasteiger partial charge in [-0.2, -0.15) is 0 Å². The van der Waals surface area contributed by atoms with Crippen molar-refractivity contribution in [2.24, 2.45) is 0 Å². The number of nitrogens with one attached hydrogen (secondary N) is 4. The number of aliphatic hydroxyl groups excluding tert-OH is 28. The summed E-state index contributed by atoms with van der Waals surface area (Å²) in [5, 5.41) is 321. The van der Waals surface area contributed by atoms with Crippen molar-refractivity contribution >= 4 is 24.1 Å². The molecular formula is C70H118N4O52. The van der Waals surface area contributed by atoms with E-state index in [9.17, 15) is 162 Å². The molecule has 0 radical (unpaired) electrons. The number of carbonyl (C=O) groups is 4. The van der Waals surface area contributed by atoms with Gasteiger partial charge in [-0.1, -0.05) is 0 Å². The SMILES string of the molecule is CC(=O)N[C@H]1[C@H](O[C@H]2[C@@H](O)[C@@H](CO)O[C@@H](O[C@H]3[C@H](O)[C@@H](O)[C@H](OC[C@@H](CO)NC=O)O[C@@H]3CO)[C@@H]2O)O[C@H](CO)[C@@H](O[C@@H]2O[C@H](CO[C@@H]3O[C@H](CO)[C@@H](O[C@@H]4O[C@H](CO)[C@H](O)[C@H](O)[C@H]4O[C@@H]4O[C@@H](C)[C@@H](O)[C@@H](O)[C@@H]4O)[C@H](O)[C@H]3NC(C)=O)[C@H](O)[C@H](O[C@@H]3O[C@H](CO)[C@@H](O[C@@H]4O[C@H](CO)[C@H](O)[C@H](O[C@H]5O[C@H](CO)[C@H](O)[C@H](O)[C@H]5O)[C@H]4O)[C@H](O)[C@H]3NC(C)=O)[C@H]2O)[C@@H]1O. The molecule has 32 N–H and O–H groups in total. The van der Waals surface area contributed by atoms with Crippen LogP contribution < -0.4 is 21.3 Å². The zero-order valence-electron chi connectivity index (χ0n) is 67.6. The molecule has 730 valence electrons. The van der Waals surface area contributed by atoms with Crippen LogP contribution in [0.4, 0.5) is 0 Å². The van der Waals surface area contributed by atoms with E-state index >= 15 is 0 Å². The van der Waals surface area contributed by atoms with Gasteiger partial charge in [0.2, 0.25) is 24.1 Å². The number of amides is 4. The van der Waals surface area contributed by atoms with Crippen molar-refractivity contribution in [3.63, 3.8) is 0 Å². The van der Waals surface area contributed by atoms with Crippen LogP contribution in [0.2, 0.25) is 0 Å². The Morgan fingerprint density at radius 2 is 0.556 bits per heavy atom. The lowest BCUT2D eigenvalue weighted by Gasteiger charge is -2.51. The summed E-state index contributed by atoms with van der Waals surface area (Å²) in [6.45, 7) is -7.23. The largest absolute Gasteiger partial charge is 0.394 e. The van der Waals surface area contributed by atoms with E-state index in [0.29, 0.717) is 0 Å². The van der Waals surface area contributed by atoms with E-state index in [-0.39, 0.29) is 6.41 Å².